The molecule has 4 N–H and O–H groups in total. The van der Waals surface area contributed by atoms with E-state index in [1.165, 1.54) is 12.8 Å². The van der Waals surface area contributed by atoms with E-state index in [1.807, 2.05) is 12.1 Å². The molecule has 0 heterocycles. The van der Waals surface area contributed by atoms with Gasteiger partial charge in [-0.3, -0.25) is 16.1 Å². The van der Waals surface area contributed by atoms with Gasteiger partial charge in [0, 0.05) is 12.1 Å². The first-order chi connectivity index (χ1) is 10.7. The summed E-state index contributed by atoms with van der Waals surface area (Å²) in [5.74, 6) is 4.69. The van der Waals surface area contributed by atoms with Gasteiger partial charge in [0.05, 0.1) is 0 Å². The number of hydrogen-bond acceptors (Lipinski definition) is 4. The van der Waals surface area contributed by atoms with Crippen molar-refractivity contribution in [1.82, 2.24) is 5.43 Å². The Kier molecular flexibility index (Phi) is 8.76. The van der Waals surface area contributed by atoms with Gasteiger partial charge in [-0.25, -0.2) is 0 Å². The number of aliphatic hydroxyl groups excluding tert-OH is 1. The Labute approximate surface area is 131 Å². The molecule has 0 saturated carbocycles. The molecule has 2 aromatic rings. The van der Waals surface area contributed by atoms with Gasteiger partial charge in [0.15, 0.2) is 5.78 Å². The largest absolute Gasteiger partial charge is 0.380 e. The molecule has 0 bridgehead atoms. The molecule has 1 unspecified atom stereocenters. The highest BCUT2D eigenvalue weighted by Gasteiger charge is 2.18. The van der Waals surface area contributed by atoms with E-state index >= 15 is 0 Å². The van der Waals surface area contributed by atoms with Crippen molar-refractivity contribution in [3.63, 3.8) is 0 Å². The normalized spacial score (nSPS) is 11.2. The summed E-state index contributed by atoms with van der Waals surface area (Å²) in [7, 11) is 0. The van der Waals surface area contributed by atoms with Crippen LogP contribution in [0.15, 0.2) is 60.7 Å². The average molecular weight is 300 g/mol. The van der Waals surface area contributed by atoms with Gasteiger partial charge in [-0.2, -0.15) is 0 Å². The Morgan fingerprint density at radius 2 is 1.64 bits per heavy atom. The Balaban J connectivity index is 0.000000346. The molecule has 0 amide bonds. The highest BCUT2D eigenvalue weighted by atomic mass is 16.3. The van der Waals surface area contributed by atoms with E-state index in [9.17, 15) is 9.90 Å². The van der Waals surface area contributed by atoms with Crippen molar-refractivity contribution in [2.45, 2.75) is 25.9 Å². The number of hydrogen-bond donors (Lipinski definition) is 3. The van der Waals surface area contributed by atoms with Gasteiger partial charge in [-0.15, -0.1) is 0 Å². The van der Waals surface area contributed by atoms with Crippen LogP contribution in [0.1, 0.15) is 41.8 Å². The van der Waals surface area contributed by atoms with E-state index in [-0.39, 0.29) is 5.78 Å². The minimum absolute atomic E-state index is 0.271. The van der Waals surface area contributed by atoms with E-state index in [0.717, 1.165) is 6.54 Å². The number of aliphatic hydroxyl groups is 1. The molecule has 0 spiro atoms. The molecule has 2 aromatic carbocycles. The molecule has 0 aromatic heterocycles. The highest BCUT2D eigenvalue weighted by molar-refractivity contribution is 5.99. The van der Waals surface area contributed by atoms with Crippen LogP contribution in [0.4, 0.5) is 0 Å². The number of benzene rings is 2. The lowest BCUT2D eigenvalue weighted by atomic mass is 10.0. The maximum absolute atomic E-state index is 11.9. The summed E-state index contributed by atoms with van der Waals surface area (Å²) in [6.45, 7) is 3.08. The third kappa shape index (κ3) is 6.18. The predicted octanol–water partition coefficient (Wildman–Crippen LogP) is 2.85. The summed E-state index contributed by atoms with van der Waals surface area (Å²) in [5.41, 5.74) is 3.72. The van der Waals surface area contributed by atoms with Crippen molar-refractivity contribution in [3.8, 4) is 0 Å². The minimum atomic E-state index is -1.08. The number of hydrazine groups is 1. The minimum Gasteiger partial charge on any atom is -0.380 e. The number of nitrogens with two attached hydrogens (primary N) is 1. The lowest BCUT2D eigenvalue weighted by molar-refractivity contribution is 0.0747. The maximum Gasteiger partial charge on any atom is 0.195 e. The lowest BCUT2D eigenvalue weighted by Gasteiger charge is -2.09. The molecule has 0 fully saturated rings. The summed E-state index contributed by atoms with van der Waals surface area (Å²) in [6, 6.07) is 17.7. The number of unbranched alkanes of at least 4 members (excludes halogenated alkanes) is 1. The standard InChI is InChI=1S/C14H12O2.C4H12N2/c15-13(11-7-3-1-4-8-11)14(16)12-9-5-2-6-10-12;1-2-3-4-6-5/h1-10,13,15H;6H,2-5H2,1H3. The number of carbonyl (C=O) groups excluding carboxylic acids is 1. The summed E-state index contributed by atoms with van der Waals surface area (Å²) in [5, 5.41) is 9.89. The molecule has 0 saturated heterocycles. The van der Waals surface area contributed by atoms with Crippen LogP contribution < -0.4 is 11.3 Å². The van der Waals surface area contributed by atoms with Crippen LogP contribution in [0.2, 0.25) is 0 Å². The number of Topliss-reactive ketones (excluding diaryl/α,β-unsaturated/α-hetero) is 1. The Morgan fingerprint density at radius 3 is 2.09 bits per heavy atom. The quantitative estimate of drug-likeness (QED) is 0.332. The van der Waals surface area contributed by atoms with Crippen LogP contribution in [0.5, 0.6) is 0 Å². The molecule has 4 heteroatoms. The maximum atomic E-state index is 11.9. The van der Waals surface area contributed by atoms with Crippen LogP contribution in [0.25, 0.3) is 0 Å². The third-order valence-electron chi connectivity index (χ3n) is 3.10. The van der Waals surface area contributed by atoms with Crippen molar-refractivity contribution in [2.24, 2.45) is 5.84 Å². The highest BCUT2D eigenvalue weighted by Crippen LogP contribution is 2.17. The smallest absolute Gasteiger partial charge is 0.195 e. The molecule has 118 valence electrons. The Bertz CT molecular complexity index is 525. The van der Waals surface area contributed by atoms with Gasteiger partial charge in [0.25, 0.3) is 0 Å². The predicted molar refractivity (Wildman–Crippen MR) is 89.3 cm³/mol. The summed E-state index contributed by atoms with van der Waals surface area (Å²) in [4.78, 5) is 11.9. The lowest BCUT2D eigenvalue weighted by Crippen LogP contribution is -2.22. The average Bonchev–Trinajstić information content (AvgIpc) is 2.60. The Hall–Kier alpha value is -2.01. The van der Waals surface area contributed by atoms with E-state index < -0.39 is 6.10 Å². The fourth-order valence-corrected chi connectivity index (χ4v) is 1.83. The van der Waals surface area contributed by atoms with Crippen LogP contribution in [0, 0.1) is 0 Å². The molecule has 0 radical (unpaired) electrons. The molecular weight excluding hydrogens is 276 g/mol. The molecule has 0 aliphatic carbocycles. The zero-order chi connectivity index (χ0) is 16.2. The second-order valence-corrected chi connectivity index (χ2v) is 4.85. The number of rotatable bonds is 6. The van der Waals surface area contributed by atoms with Crippen molar-refractivity contribution < 1.29 is 9.90 Å². The van der Waals surface area contributed by atoms with Crippen LogP contribution in [0.3, 0.4) is 0 Å². The van der Waals surface area contributed by atoms with Gasteiger partial charge in [0.2, 0.25) is 0 Å². The summed E-state index contributed by atoms with van der Waals surface area (Å²) < 4.78 is 0. The molecule has 0 aliphatic rings. The number of carbonyl (C=O) groups is 1. The van der Waals surface area contributed by atoms with Gasteiger partial charge in [-0.05, 0) is 12.0 Å². The van der Waals surface area contributed by atoms with Gasteiger partial charge in [-0.1, -0.05) is 74.0 Å². The first-order valence-electron chi connectivity index (χ1n) is 7.46. The van der Waals surface area contributed by atoms with Crippen molar-refractivity contribution in [1.29, 1.82) is 0 Å². The topological polar surface area (TPSA) is 75.3 Å². The molecule has 1 atom stereocenters. The first-order valence-corrected chi connectivity index (χ1v) is 7.46. The fourth-order valence-electron chi connectivity index (χ4n) is 1.83. The zero-order valence-electron chi connectivity index (χ0n) is 12.9. The van der Waals surface area contributed by atoms with E-state index in [4.69, 9.17) is 5.84 Å². The second kappa shape index (κ2) is 10.7. The van der Waals surface area contributed by atoms with Gasteiger partial charge < -0.3 is 5.11 Å². The molecule has 2 rings (SSSR count). The Morgan fingerprint density at radius 1 is 1.09 bits per heavy atom. The zero-order valence-corrected chi connectivity index (χ0v) is 12.9. The fraction of sp³-hybridized carbons (Fsp3) is 0.278. The number of ketones is 1. The van der Waals surface area contributed by atoms with Crippen LogP contribution in [-0.2, 0) is 0 Å². The molecule has 4 nitrogen and oxygen atoms in total. The monoisotopic (exact) mass is 300 g/mol. The SMILES string of the molecule is CCCCNN.O=C(c1ccccc1)C(O)c1ccccc1. The molecular formula is C18H24N2O2. The van der Waals surface area contributed by atoms with Crippen molar-refractivity contribution >= 4 is 5.78 Å². The van der Waals surface area contributed by atoms with Crippen LogP contribution >= 0.6 is 0 Å². The van der Waals surface area contributed by atoms with Gasteiger partial charge in [0.1, 0.15) is 6.10 Å². The van der Waals surface area contributed by atoms with E-state index in [2.05, 4.69) is 12.3 Å². The van der Waals surface area contributed by atoms with Crippen LogP contribution in [-0.4, -0.2) is 17.4 Å². The van der Waals surface area contributed by atoms with Gasteiger partial charge >= 0.3 is 0 Å². The molecule has 22 heavy (non-hydrogen) atoms. The third-order valence-corrected chi connectivity index (χ3v) is 3.10. The van der Waals surface area contributed by atoms with Crippen molar-refractivity contribution in [3.05, 3.63) is 71.8 Å². The first kappa shape index (κ1) is 18.0. The van der Waals surface area contributed by atoms with E-state index in [0.29, 0.717) is 11.1 Å². The summed E-state index contributed by atoms with van der Waals surface area (Å²) in [6.07, 6.45) is 1.31. The van der Waals surface area contributed by atoms with E-state index in [1.54, 1.807) is 48.5 Å². The molecule has 0 aliphatic heterocycles. The number of nitrogens with one attached hydrogen (secondary N) is 1. The van der Waals surface area contributed by atoms with Crippen molar-refractivity contribution in [2.75, 3.05) is 6.54 Å². The second-order valence-electron chi connectivity index (χ2n) is 4.85. The summed E-state index contributed by atoms with van der Waals surface area (Å²) >= 11 is 0.